The zero-order valence-electron chi connectivity index (χ0n) is 11.5. The van der Waals surface area contributed by atoms with Crippen LogP contribution in [0.4, 0.5) is 4.39 Å². The Balaban J connectivity index is 2.67. The third kappa shape index (κ3) is 4.05. The highest BCUT2D eigenvalue weighted by Gasteiger charge is 2.17. The molecule has 0 aliphatic rings. The molecule has 5 heteroatoms. The van der Waals surface area contributed by atoms with Crippen molar-refractivity contribution in [2.24, 2.45) is 0 Å². The number of carbonyl (C=O) groups is 2. The van der Waals surface area contributed by atoms with Crippen molar-refractivity contribution in [3.05, 3.63) is 35.6 Å². The van der Waals surface area contributed by atoms with Gasteiger partial charge in [0.05, 0.1) is 6.54 Å². The molecule has 0 fully saturated rings. The highest BCUT2D eigenvalue weighted by atomic mass is 19.1. The molecule has 1 aromatic carbocycles. The minimum Gasteiger partial charge on any atom is -0.342 e. The van der Waals surface area contributed by atoms with E-state index in [0.717, 1.165) is 0 Å². The SMILES string of the molecule is CCN(CC)C(=O)CN(C)C(=O)c1ccc(F)cc1. The molecule has 0 aliphatic heterocycles. The first kappa shape index (κ1) is 15.1. The summed E-state index contributed by atoms with van der Waals surface area (Å²) >= 11 is 0. The number of carbonyl (C=O) groups excluding carboxylic acids is 2. The van der Waals surface area contributed by atoms with Crippen LogP contribution in [0.2, 0.25) is 0 Å². The average Bonchev–Trinajstić information content (AvgIpc) is 2.40. The lowest BCUT2D eigenvalue weighted by atomic mass is 10.2. The van der Waals surface area contributed by atoms with E-state index in [1.54, 1.807) is 11.9 Å². The van der Waals surface area contributed by atoms with Gasteiger partial charge < -0.3 is 9.80 Å². The van der Waals surface area contributed by atoms with E-state index in [1.807, 2.05) is 13.8 Å². The van der Waals surface area contributed by atoms with Crippen molar-refractivity contribution in [2.75, 3.05) is 26.7 Å². The molecule has 0 atom stereocenters. The molecule has 0 N–H and O–H groups in total. The normalized spacial score (nSPS) is 10.1. The van der Waals surface area contributed by atoms with Crippen LogP contribution in [0.25, 0.3) is 0 Å². The maximum Gasteiger partial charge on any atom is 0.254 e. The fraction of sp³-hybridized carbons (Fsp3) is 0.429. The van der Waals surface area contributed by atoms with Gasteiger partial charge in [0.25, 0.3) is 5.91 Å². The fourth-order valence-corrected chi connectivity index (χ4v) is 1.76. The van der Waals surface area contributed by atoms with Gasteiger partial charge in [-0.1, -0.05) is 0 Å². The Hall–Kier alpha value is -1.91. The Bertz CT molecular complexity index is 441. The van der Waals surface area contributed by atoms with E-state index < -0.39 is 5.82 Å². The maximum absolute atomic E-state index is 12.8. The Morgan fingerprint density at radius 1 is 1.11 bits per heavy atom. The lowest BCUT2D eigenvalue weighted by Crippen LogP contribution is -2.41. The van der Waals surface area contributed by atoms with E-state index in [-0.39, 0.29) is 18.4 Å². The molecule has 19 heavy (non-hydrogen) atoms. The number of nitrogens with zero attached hydrogens (tertiary/aromatic N) is 2. The van der Waals surface area contributed by atoms with Gasteiger partial charge in [-0.3, -0.25) is 9.59 Å². The number of amides is 2. The molecule has 2 amide bonds. The molecule has 1 aromatic rings. The average molecular weight is 266 g/mol. The van der Waals surface area contributed by atoms with Crippen molar-refractivity contribution < 1.29 is 14.0 Å². The fourth-order valence-electron chi connectivity index (χ4n) is 1.76. The molecule has 0 radical (unpaired) electrons. The first-order valence-electron chi connectivity index (χ1n) is 6.28. The number of benzene rings is 1. The summed E-state index contributed by atoms with van der Waals surface area (Å²) in [5, 5.41) is 0. The van der Waals surface area contributed by atoms with Crippen molar-refractivity contribution in [2.45, 2.75) is 13.8 Å². The summed E-state index contributed by atoms with van der Waals surface area (Å²) in [4.78, 5) is 26.9. The maximum atomic E-state index is 12.8. The minimum absolute atomic E-state index is 0.0257. The third-order valence-electron chi connectivity index (χ3n) is 2.93. The van der Waals surface area contributed by atoms with E-state index in [1.165, 1.54) is 29.2 Å². The molecule has 4 nitrogen and oxygen atoms in total. The monoisotopic (exact) mass is 266 g/mol. The molecule has 0 bridgehead atoms. The number of halogens is 1. The molecular formula is C14H19FN2O2. The summed E-state index contributed by atoms with van der Waals surface area (Å²) in [5.41, 5.74) is 0.372. The van der Waals surface area contributed by atoms with Gasteiger partial charge in [-0.05, 0) is 38.1 Å². The van der Waals surface area contributed by atoms with Crippen molar-refractivity contribution in [3.63, 3.8) is 0 Å². The highest BCUT2D eigenvalue weighted by Crippen LogP contribution is 2.06. The van der Waals surface area contributed by atoms with Gasteiger partial charge in [0.1, 0.15) is 5.82 Å². The number of rotatable bonds is 5. The van der Waals surface area contributed by atoms with Crippen molar-refractivity contribution in [3.8, 4) is 0 Å². The van der Waals surface area contributed by atoms with Crippen LogP contribution in [-0.4, -0.2) is 48.3 Å². The van der Waals surface area contributed by atoms with Crippen molar-refractivity contribution >= 4 is 11.8 Å². The van der Waals surface area contributed by atoms with Crippen LogP contribution in [0, 0.1) is 5.82 Å². The van der Waals surface area contributed by atoms with E-state index >= 15 is 0 Å². The predicted octanol–water partition coefficient (Wildman–Crippen LogP) is 1.77. The van der Waals surface area contributed by atoms with Crippen LogP contribution < -0.4 is 0 Å². The summed E-state index contributed by atoms with van der Waals surface area (Å²) in [6.07, 6.45) is 0. The summed E-state index contributed by atoms with van der Waals surface area (Å²) in [5.74, 6) is -0.776. The van der Waals surface area contributed by atoms with Gasteiger partial charge in [-0.2, -0.15) is 0 Å². The molecule has 0 saturated heterocycles. The Kier molecular flexibility index (Phi) is 5.48. The van der Waals surface area contributed by atoms with Crippen molar-refractivity contribution in [1.82, 2.24) is 9.80 Å². The summed E-state index contributed by atoms with van der Waals surface area (Å²) in [7, 11) is 1.56. The van der Waals surface area contributed by atoms with Gasteiger partial charge in [0, 0.05) is 25.7 Å². The summed E-state index contributed by atoms with van der Waals surface area (Å²) in [6.45, 7) is 5.05. The first-order chi connectivity index (χ1) is 8.99. The van der Waals surface area contributed by atoms with Crippen LogP contribution in [0.15, 0.2) is 24.3 Å². The van der Waals surface area contributed by atoms with Crippen LogP contribution >= 0.6 is 0 Å². The predicted molar refractivity (Wildman–Crippen MR) is 71.3 cm³/mol. The second-order valence-corrected chi connectivity index (χ2v) is 4.23. The van der Waals surface area contributed by atoms with Crippen LogP contribution in [-0.2, 0) is 4.79 Å². The van der Waals surface area contributed by atoms with Crippen LogP contribution in [0.1, 0.15) is 24.2 Å². The van der Waals surface area contributed by atoms with E-state index in [4.69, 9.17) is 0 Å². The molecule has 0 heterocycles. The van der Waals surface area contributed by atoms with E-state index in [2.05, 4.69) is 0 Å². The molecule has 0 unspecified atom stereocenters. The summed E-state index contributed by atoms with van der Waals surface area (Å²) in [6, 6.07) is 5.28. The quantitative estimate of drug-likeness (QED) is 0.815. The molecule has 0 saturated carbocycles. The lowest BCUT2D eigenvalue weighted by molar-refractivity contribution is -0.131. The van der Waals surface area contributed by atoms with Gasteiger partial charge >= 0.3 is 0 Å². The molecule has 0 aromatic heterocycles. The van der Waals surface area contributed by atoms with Gasteiger partial charge in [-0.15, -0.1) is 0 Å². The van der Waals surface area contributed by atoms with Crippen LogP contribution in [0.3, 0.4) is 0 Å². The Labute approximate surface area is 112 Å². The number of likely N-dealkylation sites (N-methyl/N-ethyl adjacent to an activating group) is 2. The van der Waals surface area contributed by atoms with Crippen LogP contribution in [0.5, 0.6) is 0 Å². The first-order valence-corrected chi connectivity index (χ1v) is 6.28. The highest BCUT2D eigenvalue weighted by molar-refractivity contribution is 5.96. The number of hydrogen-bond donors (Lipinski definition) is 0. The second kappa shape index (κ2) is 6.87. The Morgan fingerprint density at radius 2 is 1.63 bits per heavy atom. The number of hydrogen-bond acceptors (Lipinski definition) is 2. The standard InChI is InChI=1S/C14H19FN2O2/c1-4-17(5-2)13(18)10-16(3)14(19)11-6-8-12(15)9-7-11/h6-9H,4-5,10H2,1-3H3. The van der Waals surface area contributed by atoms with Crippen molar-refractivity contribution in [1.29, 1.82) is 0 Å². The topological polar surface area (TPSA) is 40.6 Å². The molecule has 0 spiro atoms. The zero-order chi connectivity index (χ0) is 14.4. The lowest BCUT2D eigenvalue weighted by Gasteiger charge is -2.23. The largest absolute Gasteiger partial charge is 0.342 e. The molecular weight excluding hydrogens is 247 g/mol. The third-order valence-corrected chi connectivity index (χ3v) is 2.93. The minimum atomic E-state index is -0.390. The van der Waals surface area contributed by atoms with Gasteiger partial charge in [0.15, 0.2) is 0 Å². The molecule has 1 rings (SSSR count). The second-order valence-electron chi connectivity index (χ2n) is 4.23. The Morgan fingerprint density at radius 3 is 2.11 bits per heavy atom. The van der Waals surface area contributed by atoms with Gasteiger partial charge in [0.2, 0.25) is 5.91 Å². The zero-order valence-corrected chi connectivity index (χ0v) is 11.5. The smallest absolute Gasteiger partial charge is 0.254 e. The van der Waals surface area contributed by atoms with Gasteiger partial charge in [-0.25, -0.2) is 4.39 Å². The molecule has 0 aliphatic carbocycles. The summed E-state index contributed by atoms with van der Waals surface area (Å²) < 4.78 is 12.8. The molecule has 104 valence electrons. The van der Waals surface area contributed by atoms with E-state index in [9.17, 15) is 14.0 Å². The van der Waals surface area contributed by atoms with E-state index in [0.29, 0.717) is 18.7 Å².